The maximum Gasteiger partial charge on any atom is 0.323 e. The summed E-state index contributed by atoms with van der Waals surface area (Å²) >= 11 is 0. The molecule has 29 heavy (non-hydrogen) atoms. The fourth-order valence-corrected chi connectivity index (χ4v) is 4.89. The highest BCUT2D eigenvalue weighted by Crippen LogP contribution is 2.31. The van der Waals surface area contributed by atoms with Crippen LogP contribution >= 0.6 is 0 Å². The Morgan fingerprint density at radius 1 is 0.931 bits per heavy atom. The van der Waals surface area contributed by atoms with E-state index in [0.717, 1.165) is 19.3 Å². The Kier molecular flexibility index (Phi) is 6.60. The van der Waals surface area contributed by atoms with Crippen molar-refractivity contribution in [2.75, 3.05) is 37.9 Å². The van der Waals surface area contributed by atoms with E-state index < -0.39 is 16.1 Å². The number of hydrogen-bond donors (Lipinski definition) is 2. The van der Waals surface area contributed by atoms with Crippen molar-refractivity contribution >= 4 is 27.4 Å². The largest absolute Gasteiger partial charge is 0.497 e. The molecule has 2 N–H and O–H groups in total. The number of urea groups is 1. The van der Waals surface area contributed by atoms with E-state index in [1.165, 1.54) is 23.5 Å². The predicted octanol–water partition coefficient (Wildman–Crippen LogP) is 3.52. The minimum atomic E-state index is -3.71. The van der Waals surface area contributed by atoms with Crippen molar-refractivity contribution in [2.24, 2.45) is 0 Å². The molecule has 0 unspecified atom stereocenters. The van der Waals surface area contributed by atoms with Gasteiger partial charge in [0.25, 0.3) is 0 Å². The number of carbonyl (C=O) groups excluding carboxylic acids is 1. The molecule has 0 aromatic heterocycles. The van der Waals surface area contributed by atoms with Crippen LogP contribution in [0, 0.1) is 0 Å². The second-order valence-corrected chi connectivity index (χ2v) is 8.55. The zero-order chi connectivity index (χ0) is 20.9. The van der Waals surface area contributed by atoms with Crippen LogP contribution in [0.1, 0.15) is 19.3 Å². The standard InChI is InChI=1S/C20H25N3O5S/c1-27-17-8-6-7-15(13-17)21-20(24)22-16-9-10-18(28-2)19(14-16)29(25,26)23-11-4-3-5-12-23/h6-10,13-14H,3-5,11-12H2,1-2H3,(H2,21,22,24). The van der Waals surface area contributed by atoms with Crippen molar-refractivity contribution in [2.45, 2.75) is 24.2 Å². The molecule has 9 heteroatoms. The zero-order valence-corrected chi connectivity index (χ0v) is 17.3. The minimum absolute atomic E-state index is 0.0427. The molecular formula is C20H25N3O5S. The van der Waals surface area contributed by atoms with Crippen LogP contribution in [0.5, 0.6) is 11.5 Å². The first-order valence-electron chi connectivity index (χ1n) is 9.34. The Morgan fingerprint density at radius 2 is 1.62 bits per heavy atom. The predicted molar refractivity (Wildman–Crippen MR) is 111 cm³/mol. The molecule has 1 heterocycles. The van der Waals surface area contributed by atoms with Crippen LogP contribution in [0.4, 0.5) is 16.2 Å². The van der Waals surface area contributed by atoms with Crippen molar-refractivity contribution in [1.82, 2.24) is 4.31 Å². The van der Waals surface area contributed by atoms with Crippen molar-refractivity contribution in [1.29, 1.82) is 0 Å². The summed E-state index contributed by atoms with van der Waals surface area (Å²) in [5.41, 5.74) is 0.901. The molecule has 1 saturated heterocycles. The lowest BCUT2D eigenvalue weighted by Gasteiger charge is -2.26. The highest BCUT2D eigenvalue weighted by molar-refractivity contribution is 7.89. The van der Waals surface area contributed by atoms with Gasteiger partial charge in [0.1, 0.15) is 16.4 Å². The summed E-state index contributed by atoms with van der Waals surface area (Å²) in [6.45, 7) is 0.971. The van der Waals surface area contributed by atoms with Gasteiger partial charge in [-0.2, -0.15) is 4.31 Å². The molecule has 0 radical (unpaired) electrons. The summed E-state index contributed by atoms with van der Waals surface area (Å²) in [7, 11) is -0.745. The maximum absolute atomic E-state index is 13.1. The molecule has 0 aliphatic carbocycles. The molecule has 156 valence electrons. The molecule has 0 atom stereocenters. The van der Waals surface area contributed by atoms with Gasteiger partial charge in [0.15, 0.2) is 0 Å². The number of carbonyl (C=O) groups is 1. The number of nitrogens with zero attached hydrogens (tertiary/aromatic N) is 1. The summed E-state index contributed by atoms with van der Waals surface area (Å²) in [6, 6.07) is 11.0. The van der Waals surface area contributed by atoms with Gasteiger partial charge in [-0.05, 0) is 43.2 Å². The molecular weight excluding hydrogens is 394 g/mol. The third-order valence-corrected chi connectivity index (χ3v) is 6.60. The first kappa shape index (κ1) is 20.9. The normalized spacial score (nSPS) is 14.8. The molecule has 1 aliphatic rings. The van der Waals surface area contributed by atoms with E-state index in [1.807, 2.05) is 0 Å². The third kappa shape index (κ3) is 4.99. The zero-order valence-electron chi connectivity index (χ0n) is 16.5. The van der Waals surface area contributed by atoms with Gasteiger partial charge in [0.05, 0.1) is 14.2 Å². The van der Waals surface area contributed by atoms with Gasteiger partial charge in [0.2, 0.25) is 10.0 Å². The number of methoxy groups -OCH3 is 2. The van der Waals surface area contributed by atoms with Crippen molar-refractivity contribution in [3.05, 3.63) is 42.5 Å². The van der Waals surface area contributed by atoms with Gasteiger partial charge in [-0.3, -0.25) is 0 Å². The highest BCUT2D eigenvalue weighted by Gasteiger charge is 2.29. The van der Waals surface area contributed by atoms with Crippen LogP contribution in [0.15, 0.2) is 47.4 Å². The second-order valence-electron chi connectivity index (χ2n) is 6.64. The molecule has 2 aromatic carbocycles. The maximum atomic E-state index is 13.1. The highest BCUT2D eigenvalue weighted by atomic mass is 32.2. The monoisotopic (exact) mass is 419 g/mol. The van der Waals surface area contributed by atoms with Crippen LogP contribution in [0.3, 0.4) is 0 Å². The molecule has 8 nitrogen and oxygen atoms in total. The summed E-state index contributed by atoms with van der Waals surface area (Å²) < 4.78 is 38.0. The molecule has 3 rings (SSSR count). The number of benzene rings is 2. The minimum Gasteiger partial charge on any atom is -0.497 e. The lowest BCUT2D eigenvalue weighted by Crippen LogP contribution is -2.35. The van der Waals surface area contributed by atoms with E-state index in [0.29, 0.717) is 30.2 Å². The molecule has 1 aliphatic heterocycles. The van der Waals surface area contributed by atoms with Gasteiger partial charge in [-0.25, -0.2) is 13.2 Å². The lowest BCUT2D eigenvalue weighted by atomic mass is 10.2. The van der Waals surface area contributed by atoms with E-state index in [1.54, 1.807) is 37.4 Å². The van der Waals surface area contributed by atoms with Gasteiger partial charge in [0, 0.05) is 30.5 Å². The topological polar surface area (TPSA) is 97.0 Å². The Bertz CT molecular complexity index is 972. The van der Waals surface area contributed by atoms with Crippen LogP contribution in [-0.2, 0) is 10.0 Å². The van der Waals surface area contributed by atoms with E-state index in [9.17, 15) is 13.2 Å². The average molecular weight is 420 g/mol. The number of anilines is 2. The van der Waals surface area contributed by atoms with Gasteiger partial charge < -0.3 is 20.1 Å². The Morgan fingerprint density at radius 3 is 2.28 bits per heavy atom. The number of rotatable bonds is 6. The molecule has 0 saturated carbocycles. The van der Waals surface area contributed by atoms with Crippen LogP contribution < -0.4 is 20.1 Å². The molecule has 1 fully saturated rings. The first-order chi connectivity index (χ1) is 13.9. The Balaban J connectivity index is 1.79. The Labute approximate surface area is 170 Å². The molecule has 0 bridgehead atoms. The van der Waals surface area contributed by atoms with Crippen LogP contribution in [0.2, 0.25) is 0 Å². The van der Waals surface area contributed by atoms with Crippen LogP contribution in [-0.4, -0.2) is 46.1 Å². The lowest BCUT2D eigenvalue weighted by molar-refractivity contribution is 0.262. The van der Waals surface area contributed by atoms with Crippen molar-refractivity contribution < 1.29 is 22.7 Å². The average Bonchev–Trinajstić information content (AvgIpc) is 2.74. The third-order valence-electron chi connectivity index (χ3n) is 4.68. The fourth-order valence-electron chi connectivity index (χ4n) is 3.19. The number of sulfonamides is 1. The number of ether oxygens (including phenoxy) is 2. The summed E-state index contributed by atoms with van der Waals surface area (Å²) in [4.78, 5) is 12.4. The molecule has 2 aromatic rings. The van der Waals surface area contributed by atoms with Gasteiger partial charge >= 0.3 is 6.03 Å². The SMILES string of the molecule is COc1cccc(NC(=O)Nc2ccc(OC)c(S(=O)(=O)N3CCCCC3)c2)c1. The number of amides is 2. The van der Waals surface area contributed by atoms with Crippen LogP contribution in [0.25, 0.3) is 0 Å². The number of hydrogen-bond acceptors (Lipinski definition) is 5. The summed E-state index contributed by atoms with van der Waals surface area (Å²) in [5, 5.41) is 5.36. The molecule has 0 spiro atoms. The fraction of sp³-hybridized carbons (Fsp3) is 0.350. The summed E-state index contributed by atoms with van der Waals surface area (Å²) in [6.07, 6.45) is 2.69. The summed E-state index contributed by atoms with van der Waals surface area (Å²) in [5.74, 6) is 0.858. The number of piperidine rings is 1. The first-order valence-corrected chi connectivity index (χ1v) is 10.8. The van der Waals surface area contributed by atoms with E-state index in [-0.39, 0.29) is 10.6 Å². The van der Waals surface area contributed by atoms with Crippen molar-refractivity contribution in [3.63, 3.8) is 0 Å². The number of nitrogens with one attached hydrogen (secondary N) is 2. The van der Waals surface area contributed by atoms with E-state index >= 15 is 0 Å². The van der Waals surface area contributed by atoms with Gasteiger partial charge in [-0.15, -0.1) is 0 Å². The smallest absolute Gasteiger partial charge is 0.323 e. The quantitative estimate of drug-likeness (QED) is 0.747. The van der Waals surface area contributed by atoms with Crippen molar-refractivity contribution in [3.8, 4) is 11.5 Å². The van der Waals surface area contributed by atoms with E-state index in [2.05, 4.69) is 10.6 Å². The van der Waals surface area contributed by atoms with Gasteiger partial charge in [-0.1, -0.05) is 12.5 Å². The Hall–Kier alpha value is -2.78. The second kappa shape index (κ2) is 9.15. The van der Waals surface area contributed by atoms with E-state index in [4.69, 9.17) is 9.47 Å². The molecule has 2 amide bonds.